The molecule has 10 aromatic carbocycles. The summed E-state index contributed by atoms with van der Waals surface area (Å²) in [5.41, 5.74) is 21.6. The lowest BCUT2D eigenvalue weighted by Crippen LogP contribution is -2.33. The molecular formula is C66H53N3. The second-order valence-corrected chi connectivity index (χ2v) is 20.5. The Morgan fingerprint density at radius 1 is 0.348 bits per heavy atom. The van der Waals surface area contributed by atoms with E-state index < -0.39 is 0 Å². The number of hydrogen-bond donors (Lipinski definition) is 0. The van der Waals surface area contributed by atoms with Gasteiger partial charge in [-0.1, -0.05) is 173 Å². The van der Waals surface area contributed by atoms with E-state index in [0.717, 1.165) is 13.1 Å². The van der Waals surface area contributed by atoms with Crippen LogP contribution in [0.1, 0.15) is 63.8 Å². The summed E-state index contributed by atoms with van der Waals surface area (Å²) in [5, 5.41) is 10.2. The van der Waals surface area contributed by atoms with Crippen molar-refractivity contribution in [3.05, 3.63) is 210 Å². The third-order valence-corrected chi connectivity index (χ3v) is 16.4. The van der Waals surface area contributed by atoms with E-state index in [1.54, 1.807) is 0 Å². The maximum absolute atomic E-state index is 2.56. The molecule has 12 aromatic rings. The van der Waals surface area contributed by atoms with E-state index in [2.05, 4.69) is 244 Å². The Kier molecular flexibility index (Phi) is 8.35. The van der Waals surface area contributed by atoms with Crippen LogP contribution in [0.5, 0.6) is 0 Å². The van der Waals surface area contributed by atoms with Crippen LogP contribution in [-0.4, -0.2) is 17.5 Å². The van der Waals surface area contributed by atoms with E-state index in [9.17, 15) is 0 Å². The Labute approximate surface area is 403 Å². The molecule has 0 atom stereocenters. The lowest BCUT2D eigenvalue weighted by molar-refractivity contribution is 0.627. The molecule has 332 valence electrons. The van der Waals surface area contributed by atoms with Gasteiger partial charge in [-0.2, -0.15) is 0 Å². The van der Waals surface area contributed by atoms with Crippen LogP contribution < -0.4 is 9.80 Å². The molecule has 3 heteroatoms. The van der Waals surface area contributed by atoms with E-state index in [-0.39, 0.29) is 10.8 Å². The molecule has 0 spiro atoms. The van der Waals surface area contributed by atoms with Gasteiger partial charge in [-0.25, -0.2) is 0 Å². The van der Waals surface area contributed by atoms with Crippen molar-refractivity contribution in [2.75, 3.05) is 22.9 Å². The van der Waals surface area contributed by atoms with Gasteiger partial charge >= 0.3 is 0 Å². The van der Waals surface area contributed by atoms with E-state index in [4.69, 9.17) is 0 Å². The Morgan fingerprint density at radius 3 is 1.33 bits per heavy atom. The average molecular weight is 888 g/mol. The molecule has 0 saturated carbocycles. The smallest absolute Gasteiger partial charge is 0.0626 e. The maximum atomic E-state index is 2.56. The van der Waals surface area contributed by atoms with Gasteiger partial charge in [0.1, 0.15) is 0 Å². The number of aromatic nitrogens is 1. The van der Waals surface area contributed by atoms with Crippen molar-refractivity contribution in [1.29, 1.82) is 0 Å². The zero-order valence-electron chi connectivity index (χ0n) is 40.2. The second kappa shape index (κ2) is 14.3. The number of anilines is 4. The molecule has 0 amide bonds. The van der Waals surface area contributed by atoms with Gasteiger partial charge in [0, 0.05) is 68.2 Å². The number of hydrogen-bond acceptors (Lipinski definition) is 2. The zero-order valence-corrected chi connectivity index (χ0v) is 40.2. The quantitative estimate of drug-likeness (QED) is 0.160. The molecule has 0 N–H and O–H groups in total. The summed E-state index contributed by atoms with van der Waals surface area (Å²) >= 11 is 0. The third kappa shape index (κ3) is 5.23. The minimum atomic E-state index is -0.245. The lowest BCUT2D eigenvalue weighted by Gasteiger charge is -2.43. The van der Waals surface area contributed by atoms with Gasteiger partial charge < -0.3 is 14.2 Å². The van der Waals surface area contributed by atoms with E-state index in [0.29, 0.717) is 0 Å². The molecule has 0 fully saturated rings. The fourth-order valence-corrected chi connectivity index (χ4v) is 13.6. The fraction of sp³-hybridized carbons (Fsp3) is 0.152. The van der Waals surface area contributed by atoms with Crippen LogP contribution in [0.2, 0.25) is 0 Å². The van der Waals surface area contributed by atoms with E-state index in [1.165, 1.54) is 138 Å². The predicted octanol–water partition coefficient (Wildman–Crippen LogP) is 17.7. The lowest BCUT2D eigenvalue weighted by atomic mass is 9.70. The first-order chi connectivity index (χ1) is 33.7. The first kappa shape index (κ1) is 40.2. The summed E-state index contributed by atoms with van der Waals surface area (Å²) < 4.78 is 2.52. The van der Waals surface area contributed by atoms with Crippen LogP contribution >= 0.6 is 0 Å². The molecule has 69 heavy (non-hydrogen) atoms. The summed E-state index contributed by atoms with van der Waals surface area (Å²) in [5.74, 6) is 0. The van der Waals surface area contributed by atoms with Crippen LogP contribution in [0.3, 0.4) is 0 Å². The fourth-order valence-electron chi connectivity index (χ4n) is 13.6. The summed E-state index contributed by atoms with van der Waals surface area (Å²) in [4.78, 5) is 5.05. The molecule has 0 unspecified atom stereocenters. The van der Waals surface area contributed by atoms with Crippen molar-refractivity contribution < 1.29 is 0 Å². The highest BCUT2D eigenvalue weighted by molar-refractivity contribution is 6.30. The van der Waals surface area contributed by atoms with Gasteiger partial charge in [0.2, 0.25) is 0 Å². The Hall–Kier alpha value is -7.88. The van der Waals surface area contributed by atoms with Gasteiger partial charge in [0.25, 0.3) is 0 Å². The van der Waals surface area contributed by atoms with E-state index in [1.807, 2.05) is 0 Å². The first-order valence-electron chi connectivity index (χ1n) is 24.9. The van der Waals surface area contributed by atoms with Gasteiger partial charge in [-0.15, -0.1) is 0 Å². The molecule has 2 aliphatic heterocycles. The molecule has 4 heterocycles. The molecule has 14 rings (SSSR count). The van der Waals surface area contributed by atoms with Gasteiger partial charge in [0.05, 0.1) is 16.6 Å². The molecule has 2 aliphatic rings. The maximum Gasteiger partial charge on any atom is 0.0626 e. The highest BCUT2D eigenvalue weighted by Crippen LogP contribution is 2.56. The van der Waals surface area contributed by atoms with Crippen LogP contribution in [0, 0.1) is 0 Å². The first-order valence-corrected chi connectivity index (χ1v) is 24.9. The topological polar surface area (TPSA) is 10.9 Å². The molecule has 0 saturated heterocycles. The van der Waals surface area contributed by atoms with Gasteiger partial charge in [-0.05, 0) is 133 Å². The van der Waals surface area contributed by atoms with Crippen molar-refractivity contribution in [2.24, 2.45) is 0 Å². The van der Waals surface area contributed by atoms with Crippen molar-refractivity contribution in [3.63, 3.8) is 0 Å². The van der Waals surface area contributed by atoms with Crippen molar-refractivity contribution in [2.45, 2.75) is 52.4 Å². The van der Waals surface area contributed by atoms with Gasteiger partial charge in [0.15, 0.2) is 0 Å². The molecule has 2 aromatic heterocycles. The molecule has 0 radical (unpaired) electrons. The van der Waals surface area contributed by atoms with Crippen molar-refractivity contribution >= 4 is 82.4 Å². The predicted molar refractivity (Wildman–Crippen MR) is 295 cm³/mol. The average Bonchev–Trinajstić information content (AvgIpc) is 3.91. The highest BCUT2D eigenvalue weighted by atomic mass is 15.2. The number of nitrogens with zero attached hydrogens (tertiary/aromatic N) is 3. The summed E-state index contributed by atoms with van der Waals surface area (Å²) in [6.07, 6.45) is 0. The van der Waals surface area contributed by atoms with Crippen molar-refractivity contribution in [1.82, 2.24) is 4.40 Å². The normalized spacial score (nSPS) is 14.8. The van der Waals surface area contributed by atoms with E-state index >= 15 is 0 Å². The minimum absolute atomic E-state index is 0.245. The second-order valence-electron chi connectivity index (χ2n) is 20.5. The highest BCUT2D eigenvalue weighted by Gasteiger charge is 2.40. The van der Waals surface area contributed by atoms with Crippen molar-refractivity contribution in [3.8, 4) is 33.4 Å². The Bertz CT molecular complexity index is 3950. The van der Waals surface area contributed by atoms with Gasteiger partial charge in [-0.3, -0.25) is 0 Å². The summed E-state index contributed by atoms with van der Waals surface area (Å²) in [6.45, 7) is 16.0. The summed E-state index contributed by atoms with van der Waals surface area (Å²) in [6, 6.07) is 71.7. The zero-order chi connectivity index (χ0) is 46.5. The third-order valence-electron chi connectivity index (χ3n) is 16.4. The van der Waals surface area contributed by atoms with Crippen LogP contribution in [-0.2, 0) is 10.8 Å². The minimum Gasteiger partial charge on any atom is -0.341 e. The number of benzene rings is 10. The summed E-state index contributed by atoms with van der Waals surface area (Å²) in [7, 11) is 0. The largest absolute Gasteiger partial charge is 0.341 e. The number of para-hydroxylation sites is 4. The monoisotopic (exact) mass is 887 g/mol. The van der Waals surface area contributed by atoms with Crippen LogP contribution in [0.15, 0.2) is 188 Å². The Balaban J connectivity index is 1.14. The molecule has 0 aliphatic carbocycles. The molecular weight excluding hydrogens is 835 g/mol. The standard InChI is InChI=1S/C66H53N3/c1-7-67-56-33-15-11-29-52(56)65(3,4)62-45(27-19-35-58(62)67)40-23-17-25-43-50(40)39-51-41(46-28-20-36-59-63(46)66(5,6)53-30-12-16-34-57(53)68(59)8-2)24-18-26-44(51)60(43)49-38-37-47-42-21-9-13-31-54(42)69-55-32-14-10-22-48(55)61(49)64(47)69/h9-39H,7-8H2,1-6H3. The number of fused-ring (bicyclic) bond motifs is 12. The number of rotatable bonds is 5. The molecule has 3 nitrogen and oxygen atoms in total. The van der Waals surface area contributed by atoms with Crippen LogP contribution in [0.4, 0.5) is 22.7 Å². The molecule has 0 bridgehead atoms. The van der Waals surface area contributed by atoms with Crippen LogP contribution in [0.25, 0.3) is 93.0 Å². The SMILES string of the molecule is CCN1c2ccccc2C(C)(C)c2c(-c3cccc4c(-c5ccc6c7ccccc7n7c8ccccc8c5c67)c5cccc(-c6cccc7c6C(C)(C)c6ccccc6N7CC)c5cc34)cccc21. The Morgan fingerprint density at radius 2 is 0.783 bits per heavy atom.